The Bertz CT molecular complexity index is 1090. The molecule has 0 saturated carbocycles. The first kappa shape index (κ1) is 23.1. The number of carbonyl (C=O) groups excluding carboxylic acids is 1. The zero-order valence-electron chi connectivity index (χ0n) is 17.6. The molecule has 31 heavy (non-hydrogen) atoms. The van der Waals surface area contributed by atoms with Gasteiger partial charge < -0.3 is 5.32 Å². The summed E-state index contributed by atoms with van der Waals surface area (Å²) in [6.07, 6.45) is 2.01. The highest BCUT2D eigenvalue weighted by molar-refractivity contribution is 7.98. The van der Waals surface area contributed by atoms with E-state index in [0.29, 0.717) is 0 Å². The Kier molecular flexibility index (Phi) is 7.90. The number of nitrogens with one attached hydrogen (secondary N) is 1. The van der Waals surface area contributed by atoms with E-state index in [2.05, 4.69) is 5.32 Å². The molecule has 0 aliphatic heterocycles. The van der Waals surface area contributed by atoms with Gasteiger partial charge in [-0.25, -0.2) is 8.42 Å². The van der Waals surface area contributed by atoms with Crippen LogP contribution in [0.5, 0.6) is 0 Å². The summed E-state index contributed by atoms with van der Waals surface area (Å²) in [5.74, 6) is -0.350. The molecule has 5 nitrogen and oxygen atoms in total. The molecule has 1 atom stereocenters. The van der Waals surface area contributed by atoms with Gasteiger partial charge in [0.05, 0.1) is 17.5 Å². The van der Waals surface area contributed by atoms with Crippen LogP contribution in [0.15, 0.2) is 94.7 Å². The van der Waals surface area contributed by atoms with Crippen molar-refractivity contribution in [1.82, 2.24) is 9.62 Å². The zero-order valence-corrected chi connectivity index (χ0v) is 19.2. The summed E-state index contributed by atoms with van der Waals surface area (Å²) in [6, 6.07) is 25.2. The number of amides is 1. The van der Waals surface area contributed by atoms with Crippen LogP contribution in [0.1, 0.15) is 24.1 Å². The fraction of sp³-hybridized carbons (Fsp3) is 0.208. The quantitative estimate of drug-likeness (QED) is 0.484. The summed E-state index contributed by atoms with van der Waals surface area (Å²) in [7, 11) is -3.83. The lowest BCUT2D eigenvalue weighted by Crippen LogP contribution is -2.41. The molecule has 0 bridgehead atoms. The molecule has 3 rings (SSSR count). The number of hydrogen-bond acceptors (Lipinski definition) is 4. The number of rotatable bonds is 9. The van der Waals surface area contributed by atoms with E-state index in [9.17, 15) is 13.2 Å². The summed E-state index contributed by atoms with van der Waals surface area (Å²) in [5, 5.41) is 2.92. The number of benzene rings is 3. The molecule has 3 aromatic carbocycles. The van der Waals surface area contributed by atoms with Crippen molar-refractivity contribution in [2.24, 2.45) is 0 Å². The maximum absolute atomic E-state index is 13.2. The van der Waals surface area contributed by atoms with Gasteiger partial charge in [0.25, 0.3) is 0 Å². The van der Waals surface area contributed by atoms with Crippen molar-refractivity contribution in [3.05, 3.63) is 96.1 Å². The molecule has 1 amide bonds. The minimum Gasteiger partial charge on any atom is -0.348 e. The van der Waals surface area contributed by atoms with Crippen molar-refractivity contribution in [2.45, 2.75) is 29.3 Å². The summed E-state index contributed by atoms with van der Waals surface area (Å²) >= 11 is 1.65. The fourth-order valence-corrected chi connectivity index (χ4v) is 4.99. The van der Waals surface area contributed by atoms with Crippen LogP contribution in [0.3, 0.4) is 0 Å². The molecule has 0 aromatic heterocycles. The zero-order chi connectivity index (χ0) is 22.3. The highest BCUT2D eigenvalue weighted by Gasteiger charge is 2.27. The maximum atomic E-state index is 13.2. The highest BCUT2D eigenvalue weighted by atomic mass is 32.2. The Balaban J connectivity index is 1.78. The molecule has 0 unspecified atom stereocenters. The molecule has 7 heteroatoms. The number of hydrogen-bond donors (Lipinski definition) is 1. The largest absolute Gasteiger partial charge is 0.348 e. The molecule has 0 spiro atoms. The topological polar surface area (TPSA) is 66.5 Å². The molecule has 0 saturated heterocycles. The van der Waals surface area contributed by atoms with Crippen LogP contribution in [0, 0.1) is 0 Å². The van der Waals surface area contributed by atoms with Crippen molar-refractivity contribution < 1.29 is 13.2 Å². The van der Waals surface area contributed by atoms with E-state index in [4.69, 9.17) is 0 Å². The Hall–Kier alpha value is -2.61. The van der Waals surface area contributed by atoms with Crippen molar-refractivity contribution in [3.63, 3.8) is 0 Å². The molecule has 0 radical (unpaired) electrons. The predicted octanol–water partition coefficient (Wildman–Crippen LogP) is 4.48. The Morgan fingerprint density at radius 2 is 1.52 bits per heavy atom. The van der Waals surface area contributed by atoms with Gasteiger partial charge in [-0.05, 0) is 48.6 Å². The Morgan fingerprint density at radius 1 is 0.935 bits per heavy atom. The normalized spacial score (nSPS) is 12.5. The number of carbonyl (C=O) groups is 1. The number of nitrogens with zero attached hydrogens (tertiary/aromatic N) is 1. The van der Waals surface area contributed by atoms with Crippen LogP contribution in [0.4, 0.5) is 0 Å². The van der Waals surface area contributed by atoms with E-state index in [-0.39, 0.29) is 29.9 Å². The minimum atomic E-state index is -3.83. The number of sulfonamides is 1. The van der Waals surface area contributed by atoms with Crippen LogP contribution >= 0.6 is 11.8 Å². The van der Waals surface area contributed by atoms with Gasteiger partial charge in [-0.1, -0.05) is 60.7 Å². The molecule has 0 aliphatic rings. The second-order valence-corrected chi connectivity index (χ2v) is 9.95. The second kappa shape index (κ2) is 10.6. The van der Waals surface area contributed by atoms with E-state index < -0.39 is 10.0 Å². The van der Waals surface area contributed by atoms with E-state index in [0.717, 1.165) is 16.0 Å². The first-order chi connectivity index (χ1) is 14.9. The Labute approximate surface area is 188 Å². The second-order valence-electron chi connectivity index (χ2n) is 7.13. The molecular formula is C24H26N2O3S2. The van der Waals surface area contributed by atoms with Crippen molar-refractivity contribution in [1.29, 1.82) is 0 Å². The number of thioether (sulfide) groups is 1. The summed E-state index contributed by atoms with van der Waals surface area (Å²) in [6.45, 7) is 1.74. The van der Waals surface area contributed by atoms with Crippen LogP contribution in [0.25, 0.3) is 0 Å². The minimum absolute atomic E-state index is 0.113. The highest BCUT2D eigenvalue weighted by Crippen LogP contribution is 2.20. The SMILES string of the molecule is CSc1ccc([C@H](C)NC(=O)CN(Cc2ccccc2)S(=O)(=O)c2ccccc2)cc1. The van der Waals surface area contributed by atoms with Gasteiger partial charge in [0.2, 0.25) is 15.9 Å². The molecule has 1 N–H and O–H groups in total. The third-order valence-corrected chi connectivity index (χ3v) is 7.45. The van der Waals surface area contributed by atoms with E-state index in [1.165, 1.54) is 4.31 Å². The van der Waals surface area contributed by atoms with Gasteiger partial charge in [0.1, 0.15) is 0 Å². The van der Waals surface area contributed by atoms with E-state index >= 15 is 0 Å². The van der Waals surface area contributed by atoms with E-state index in [1.807, 2.05) is 67.8 Å². The molecule has 0 fully saturated rings. The molecule has 0 aliphatic carbocycles. The smallest absolute Gasteiger partial charge is 0.243 e. The van der Waals surface area contributed by atoms with Crippen LogP contribution < -0.4 is 5.32 Å². The molecule has 162 valence electrons. The van der Waals surface area contributed by atoms with Gasteiger partial charge >= 0.3 is 0 Å². The first-order valence-corrected chi connectivity index (χ1v) is 12.6. The predicted molar refractivity (Wildman–Crippen MR) is 125 cm³/mol. The van der Waals surface area contributed by atoms with Gasteiger partial charge in [-0.2, -0.15) is 4.31 Å². The van der Waals surface area contributed by atoms with Gasteiger partial charge in [0, 0.05) is 11.4 Å². The first-order valence-electron chi connectivity index (χ1n) is 9.92. The van der Waals surface area contributed by atoms with Crippen LogP contribution in [-0.4, -0.2) is 31.4 Å². The monoisotopic (exact) mass is 454 g/mol. The van der Waals surface area contributed by atoms with E-state index in [1.54, 1.807) is 42.1 Å². The lowest BCUT2D eigenvalue weighted by molar-refractivity contribution is -0.122. The lowest BCUT2D eigenvalue weighted by Gasteiger charge is -2.23. The average molecular weight is 455 g/mol. The third kappa shape index (κ3) is 6.19. The maximum Gasteiger partial charge on any atom is 0.243 e. The summed E-state index contributed by atoms with van der Waals surface area (Å²) in [4.78, 5) is 14.1. The lowest BCUT2D eigenvalue weighted by atomic mass is 10.1. The van der Waals surface area contributed by atoms with Gasteiger partial charge in [-0.3, -0.25) is 4.79 Å². The summed E-state index contributed by atoms with van der Waals surface area (Å²) < 4.78 is 27.7. The molecule has 0 heterocycles. The fourth-order valence-electron chi connectivity index (χ4n) is 3.18. The standard InChI is InChI=1S/C24H26N2O3S2/c1-19(21-13-15-22(30-2)16-14-21)25-24(27)18-26(17-20-9-5-3-6-10-20)31(28,29)23-11-7-4-8-12-23/h3-16,19H,17-18H2,1-2H3,(H,25,27)/t19-/m0/s1. The van der Waals surface area contributed by atoms with Gasteiger partial charge in [0.15, 0.2) is 0 Å². The van der Waals surface area contributed by atoms with Gasteiger partial charge in [-0.15, -0.1) is 11.8 Å². The van der Waals surface area contributed by atoms with Crippen molar-refractivity contribution >= 4 is 27.7 Å². The Morgan fingerprint density at radius 3 is 2.10 bits per heavy atom. The average Bonchev–Trinajstić information content (AvgIpc) is 2.80. The van der Waals surface area contributed by atoms with Crippen LogP contribution in [-0.2, 0) is 21.4 Å². The summed E-state index contributed by atoms with van der Waals surface area (Å²) in [5.41, 5.74) is 1.78. The third-order valence-electron chi connectivity index (χ3n) is 4.90. The van der Waals surface area contributed by atoms with Crippen molar-refractivity contribution in [2.75, 3.05) is 12.8 Å². The molecule has 3 aromatic rings. The van der Waals surface area contributed by atoms with Crippen molar-refractivity contribution in [3.8, 4) is 0 Å². The van der Waals surface area contributed by atoms with Crippen LogP contribution in [0.2, 0.25) is 0 Å². The molecular weight excluding hydrogens is 428 g/mol.